The first-order valence-corrected chi connectivity index (χ1v) is 7.56. The van der Waals surface area contributed by atoms with Crippen molar-refractivity contribution in [3.63, 3.8) is 0 Å². The quantitative estimate of drug-likeness (QED) is 0.836. The van der Waals surface area contributed by atoms with Gasteiger partial charge in [-0.3, -0.25) is 0 Å². The Bertz CT molecular complexity index is 493. The van der Waals surface area contributed by atoms with Gasteiger partial charge >= 0.3 is 5.97 Å². The van der Waals surface area contributed by atoms with E-state index in [4.69, 9.17) is 4.74 Å². The van der Waals surface area contributed by atoms with E-state index in [1.165, 1.54) is 25.5 Å². The van der Waals surface area contributed by atoms with Crippen LogP contribution in [0.2, 0.25) is 0 Å². The summed E-state index contributed by atoms with van der Waals surface area (Å²) in [6.07, 6.45) is 5.28. The number of carbonyl (C=O) groups is 1. The van der Waals surface area contributed by atoms with Crippen LogP contribution in [0.3, 0.4) is 0 Å². The van der Waals surface area contributed by atoms with Crippen molar-refractivity contribution in [1.82, 2.24) is 14.9 Å². The molecule has 2 heterocycles. The van der Waals surface area contributed by atoms with Crippen LogP contribution in [-0.2, 0) is 4.74 Å². The smallest absolute Gasteiger partial charge is 0.341 e. The van der Waals surface area contributed by atoms with Gasteiger partial charge in [0.05, 0.1) is 17.9 Å². The van der Waals surface area contributed by atoms with Crippen LogP contribution >= 0.6 is 0 Å². The van der Waals surface area contributed by atoms with Crippen molar-refractivity contribution in [2.45, 2.75) is 39.2 Å². The lowest BCUT2D eigenvalue weighted by Crippen LogP contribution is -2.41. The van der Waals surface area contributed by atoms with Gasteiger partial charge in [-0.1, -0.05) is 6.42 Å². The molecule has 6 nitrogen and oxygen atoms in total. The molecule has 1 aliphatic rings. The molecule has 1 fully saturated rings. The summed E-state index contributed by atoms with van der Waals surface area (Å²) in [7, 11) is 2.15. The lowest BCUT2D eigenvalue weighted by Gasteiger charge is -2.32. The number of nitrogens with zero attached hydrogens (tertiary/aromatic N) is 3. The predicted octanol–water partition coefficient (Wildman–Crippen LogP) is 1.86. The molecular weight excluding hydrogens is 268 g/mol. The second kappa shape index (κ2) is 7.36. The molecule has 6 heteroatoms. The molecule has 1 unspecified atom stereocenters. The van der Waals surface area contributed by atoms with Crippen LogP contribution in [0.25, 0.3) is 0 Å². The summed E-state index contributed by atoms with van der Waals surface area (Å²) in [6, 6.07) is 0.521. The van der Waals surface area contributed by atoms with E-state index in [9.17, 15) is 4.79 Å². The van der Waals surface area contributed by atoms with E-state index in [0.29, 0.717) is 29.9 Å². The monoisotopic (exact) mass is 292 g/mol. The maximum atomic E-state index is 11.7. The predicted molar refractivity (Wildman–Crippen MR) is 81.5 cm³/mol. The minimum atomic E-state index is -0.367. The fourth-order valence-corrected chi connectivity index (χ4v) is 2.57. The highest BCUT2D eigenvalue weighted by molar-refractivity contribution is 5.90. The molecule has 1 aliphatic heterocycles. The maximum absolute atomic E-state index is 11.7. The summed E-state index contributed by atoms with van der Waals surface area (Å²) in [5.74, 6) is 0.202. The van der Waals surface area contributed by atoms with Crippen LogP contribution < -0.4 is 5.32 Å². The molecule has 1 aromatic heterocycles. The molecule has 0 radical (unpaired) electrons. The van der Waals surface area contributed by atoms with Crippen molar-refractivity contribution in [3.8, 4) is 0 Å². The summed E-state index contributed by atoms with van der Waals surface area (Å²) in [5.41, 5.74) is 1.07. The number of anilines is 1. The Morgan fingerprint density at radius 2 is 2.33 bits per heavy atom. The first kappa shape index (κ1) is 15.7. The molecule has 2 rings (SSSR count). The molecule has 0 bridgehead atoms. The van der Waals surface area contributed by atoms with E-state index < -0.39 is 0 Å². The van der Waals surface area contributed by atoms with Crippen LogP contribution in [0, 0.1) is 6.92 Å². The average Bonchev–Trinajstić information content (AvgIpc) is 2.46. The fourth-order valence-electron chi connectivity index (χ4n) is 2.57. The van der Waals surface area contributed by atoms with Crippen LogP contribution in [0.4, 0.5) is 5.95 Å². The third-order valence-corrected chi connectivity index (χ3v) is 3.89. The Balaban J connectivity index is 1.95. The normalized spacial score (nSPS) is 19.3. The fraction of sp³-hybridized carbons (Fsp3) is 0.667. The molecule has 1 N–H and O–H groups in total. The van der Waals surface area contributed by atoms with Crippen molar-refractivity contribution >= 4 is 11.9 Å². The van der Waals surface area contributed by atoms with Crippen molar-refractivity contribution in [3.05, 3.63) is 17.5 Å². The molecule has 0 amide bonds. The Morgan fingerprint density at radius 1 is 1.52 bits per heavy atom. The zero-order valence-corrected chi connectivity index (χ0v) is 13.1. The third-order valence-electron chi connectivity index (χ3n) is 3.89. The summed E-state index contributed by atoms with van der Waals surface area (Å²) < 4.78 is 4.97. The zero-order valence-electron chi connectivity index (χ0n) is 13.1. The number of ether oxygens (including phenoxy) is 1. The summed E-state index contributed by atoms with van der Waals surface area (Å²) in [4.78, 5) is 22.6. The molecule has 1 atom stereocenters. The maximum Gasteiger partial charge on any atom is 0.341 e. The number of rotatable bonds is 5. The van der Waals surface area contributed by atoms with Crippen LogP contribution in [0.15, 0.2) is 6.20 Å². The summed E-state index contributed by atoms with van der Waals surface area (Å²) >= 11 is 0. The number of likely N-dealkylation sites (N-methyl/N-ethyl adjacent to an activating group) is 1. The molecule has 21 heavy (non-hydrogen) atoms. The van der Waals surface area contributed by atoms with E-state index in [2.05, 4.69) is 27.2 Å². The Labute approximate surface area is 125 Å². The molecule has 0 aliphatic carbocycles. The van der Waals surface area contributed by atoms with E-state index in [1.54, 1.807) is 13.8 Å². The minimum absolute atomic E-state index is 0.353. The van der Waals surface area contributed by atoms with Crippen LogP contribution in [0.1, 0.15) is 42.2 Å². The molecule has 0 saturated carbocycles. The highest BCUT2D eigenvalue weighted by Crippen LogP contribution is 2.15. The first-order chi connectivity index (χ1) is 10.1. The number of piperidine rings is 1. The highest BCUT2D eigenvalue weighted by Gasteiger charge is 2.19. The van der Waals surface area contributed by atoms with E-state index in [0.717, 1.165) is 13.1 Å². The van der Waals surface area contributed by atoms with E-state index >= 15 is 0 Å². The highest BCUT2D eigenvalue weighted by atomic mass is 16.5. The molecule has 1 aromatic rings. The van der Waals surface area contributed by atoms with E-state index in [1.807, 2.05) is 0 Å². The lowest BCUT2D eigenvalue weighted by molar-refractivity contribution is 0.0524. The SMILES string of the molecule is CCOC(=O)c1cnc(NCC2CCCCN2C)nc1C. The van der Waals surface area contributed by atoms with Gasteiger partial charge in [-0.15, -0.1) is 0 Å². The molecule has 0 spiro atoms. The van der Waals surface area contributed by atoms with Crippen LogP contribution in [-0.4, -0.2) is 53.6 Å². The number of aryl methyl sites for hydroxylation is 1. The first-order valence-electron chi connectivity index (χ1n) is 7.56. The van der Waals surface area contributed by atoms with Crippen molar-refractivity contribution in [2.24, 2.45) is 0 Å². The summed E-state index contributed by atoms with van der Waals surface area (Å²) in [5, 5.41) is 3.27. The van der Waals surface area contributed by atoms with Gasteiger partial charge in [-0.05, 0) is 40.3 Å². The number of aromatic nitrogens is 2. The number of esters is 1. The van der Waals surface area contributed by atoms with E-state index in [-0.39, 0.29) is 5.97 Å². The zero-order chi connectivity index (χ0) is 15.2. The van der Waals surface area contributed by atoms with Crippen molar-refractivity contribution in [1.29, 1.82) is 0 Å². The van der Waals surface area contributed by atoms with Gasteiger partial charge < -0.3 is 15.0 Å². The number of hydrogen-bond acceptors (Lipinski definition) is 6. The largest absolute Gasteiger partial charge is 0.462 e. The number of carbonyl (C=O) groups excluding carboxylic acids is 1. The molecule has 0 aromatic carbocycles. The van der Waals surface area contributed by atoms with Gasteiger partial charge in [0, 0.05) is 18.8 Å². The summed E-state index contributed by atoms with van der Waals surface area (Å²) in [6.45, 7) is 5.91. The Kier molecular flexibility index (Phi) is 5.50. The van der Waals surface area contributed by atoms with Gasteiger partial charge in [-0.2, -0.15) is 0 Å². The van der Waals surface area contributed by atoms with Crippen molar-refractivity contribution < 1.29 is 9.53 Å². The van der Waals surface area contributed by atoms with Gasteiger partial charge in [0.25, 0.3) is 0 Å². The Hall–Kier alpha value is -1.69. The Morgan fingerprint density at radius 3 is 3.00 bits per heavy atom. The topological polar surface area (TPSA) is 67.3 Å². The van der Waals surface area contributed by atoms with Crippen LogP contribution in [0.5, 0.6) is 0 Å². The third kappa shape index (κ3) is 4.14. The van der Waals surface area contributed by atoms with Gasteiger partial charge in [0.1, 0.15) is 0 Å². The second-order valence-electron chi connectivity index (χ2n) is 5.42. The van der Waals surface area contributed by atoms with Gasteiger partial charge in [0.2, 0.25) is 5.95 Å². The second-order valence-corrected chi connectivity index (χ2v) is 5.42. The number of likely N-dealkylation sites (tertiary alicyclic amines) is 1. The van der Waals surface area contributed by atoms with Gasteiger partial charge in [-0.25, -0.2) is 14.8 Å². The molecule has 116 valence electrons. The molecular formula is C15H24N4O2. The average molecular weight is 292 g/mol. The van der Waals surface area contributed by atoms with Gasteiger partial charge in [0.15, 0.2) is 0 Å². The molecule has 1 saturated heterocycles. The number of nitrogens with one attached hydrogen (secondary N) is 1. The standard InChI is InChI=1S/C15H24N4O2/c1-4-21-14(20)13-10-17-15(18-11(13)2)16-9-12-7-5-6-8-19(12)3/h10,12H,4-9H2,1-3H3,(H,16,17,18). The minimum Gasteiger partial charge on any atom is -0.462 e. The lowest BCUT2D eigenvalue weighted by atomic mass is 10.0. The number of hydrogen-bond donors (Lipinski definition) is 1. The van der Waals surface area contributed by atoms with Crippen molar-refractivity contribution in [2.75, 3.05) is 32.1 Å².